The molecule has 200 valence electrons. The van der Waals surface area contributed by atoms with Crippen LogP contribution in [0.25, 0.3) is 16.5 Å². The van der Waals surface area contributed by atoms with Crippen LogP contribution in [-0.2, 0) is 5.41 Å². The molecule has 2 aromatic heterocycles. The van der Waals surface area contributed by atoms with Gasteiger partial charge in [-0.15, -0.1) is 11.3 Å². The molecule has 0 saturated carbocycles. The topological polar surface area (TPSA) is 50.3 Å². The number of carbonyl (C=O) groups excluding carboxylic acids is 2. The summed E-state index contributed by atoms with van der Waals surface area (Å²) in [5.74, 6) is -0.542. The second-order valence-electron chi connectivity index (χ2n) is 11.4. The van der Waals surface area contributed by atoms with E-state index in [0.29, 0.717) is 5.56 Å². The van der Waals surface area contributed by atoms with Crippen LogP contribution in [0.1, 0.15) is 61.8 Å². The highest BCUT2D eigenvalue weighted by atomic mass is 32.1. The van der Waals surface area contributed by atoms with E-state index in [2.05, 4.69) is 104 Å². The van der Waals surface area contributed by atoms with Gasteiger partial charge >= 0.3 is 0 Å². The van der Waals surface area contributed by atoms with Gasteiger partial charge in [0.25, 0.3) is 0 Å². The molecule has 0 radical (unpaired) electrons. The molecule has 0 spiro atoms. The van der Waals surface area contributed by atoms with Crippen molar-refractivity contribution in [3.63, 3.8) is 0 Å². The van der Waals surface area contributed by atoms with E-state index in [0.717, 1.165) is 21.9 Å². The van der Waals surface area contributed by atoms with Gasteiger partial charge in [-0.3, -0.25) is 14.6 Å². The first-order chi connectivity index (χ1) is 19.7. The zero-order chi connectivity index (χ0) is 28.5. The molecule has 5 heteroatoms. The maximum absolute atomic E-state index is 13.0. The lowest BCUT2D eigenvalue weighted by molar-refractivity contribution is 0.0989. The monoisotopic (exact) mass is 552 g/mol. The van der Waals surface area contributed by atoms with Crippen molar-refractivity contribution >= 4 is 46.0 Å². The van der Waals surface area contributed by atoms with Gasteiger partial charge in [0.15, 0.2) is 5.78 Å². The van der Waals surface area contributed by atoms with Crippen molar-refractivity contribution in [1.82, 2.24) is 4.98 Å². The first-order valence-corrected chi connectivity index (χ1v) is 14.5. The number of aryl methyl sites for hydroxylation is 2. The summed E-state index contributed by atoms with van der Waals surface area (Å²) < 4.78 is 0. The molecule has 0 aliphatic heterocycles. The first kappa shape index (κ1) is 25.4. The van der Waals surface area contributed by atoms with Crippen molar-refractivity contribution in [2.75, 3.05) is 4.90 Å². The van der Waals surface area contributed by atoms with Crippen LogP contribution in [0, 0.1) is 13.8 Å². The standard InChI is InChI=1S/C36H28N2O2S/c1-21-15-22(2)17-25(16-21)38(23-9-6-5-7-10-23)24-12-13-27-30(18-24)36(3,4)31-20-26(41-35(27)31)19-29-33(39)28-11-8-14-37-32(28)34(29)40/h5-20H,1-4H3/b29-19+. The summed E-state index contributed by atoms with van der Waals surface area (Å²) in [5.41, 5.74) is 10.1. The second kappa shape index (κ2) is 9.22. The highest BCUT2D eigenvalue weighted by Gasteiger charge is 2.39. The van der Waals surface area contributed by atoms with Gasteiger partial charge in [-0.1, -0.05) is 44.2 Å². The van der Waals surface area contributed by atoms with E-state index in [1.807, 2.05) is 6.07 Å². The number of benzene rings is 3. The molecule has 0 amide bonds. The number of fused-ring (bicyclic) bond motifs is 4. The number of thiophene rings is 1. The summed E-state index contributed by atoms with van der Waals surface area (Å²) >= 11 is 1.63. The number of pyridine rings is 1. The minimum atomic E-state index is -0.296. The Balaban J connectivity index is 1.31. The van der Waals surface area contributed by atoms with Crippen LogP contribution in [0.5, 0.6) is 0 Å². The van der Waals surface area contributed by atoms with E-state index in [4.69, 9.17) is 0 Å². The molecule has 2 aliphatic rings. The van der Waals surface area contributed by atoms with Gasteiger partial charge in [-0.25, -0.2) is 0 Å². The molecule has 0 saturated heterocycles. The highest BCUT2D eigenvalue weighted by molar-refractivity contribution is 7.16. The lowest BCUT2D eigenvalue weighted by Crippen LogP contribution is -2.16. The maximum Gasteiger partial charge on any atom is 0.216 e. The van der Waals surface area contributed by atoms with E-state index in [1.54, 1.807) is 35.7 Å². The second-order valence-corrected chi connectivity index (χ2v) is 12.5. The van der Waals surface area contributed by atoms with Crippen LogP contribution >= 0.6 is 11.3 Å². The number of allylic oxidation sites excluding steroid dienone is 1. The Kier molecular flexibility index (Phi) is 5.70. The number of carbonyl (C=O) groups is 2. The van der Waals surface area contributed by atoms with E-state index in [-0.39, 0.29) is 28.2 Å². The molecule has 2 aliphatic carbocycles. The summed E-state index contributed by atoms with van der Waals surface area (Å²) in [6, 6.07) is 29.4. The van der Waals surface area contributed by atoms with Crippen LogP contribution < -0.4 is 4.90 Å². The molecule has 7 rings (SSSR count). The normalized spacial score (nSPS) is 15.7. The third-order valence-corrected chi connectivity index (χ3v) is 9.24. The summed E-state index contributed by atoms with van der Waals surface area (Å²) in [5, 5.41) is 0. The Morgan fingerprint density at radius 3 is 2.22 bits per heavy atom. The predicted octanol–water partition coefficient (Wildman–Crippen LogP) is 9.00. The fraction of sp³-hybridized carbons (Fsp3) is 0.139. The van der Waals surface area contributed by atoms with Gasteiger partial charge in [0.1, 0.15) is 5.69 Å². The first-order valence-electron chi connectivity index (χ1n) is 13.7. The molecule has 41 heavy (non-hydrogen) atoms. The molecular weight excluding hydrogens is 524 g/mol. The summed E-state index contributed by atoms with van der Waals surface area (Å²) in [6.07, 6.45) is 3.30. The highest BCUT2D eigenvalue weighted by Crippen LogP contribution is 2.54. The zero-order valence-corrected chi connectivity index (χ0v) is 24.2. The van der Waals surface area contributed by atoms with Gasteiger partial charge in [-0.2, -0.15) is 0 Å². The van der Waals surface area contributed by atoms with E-state index < -0.39 is 0 Å². The molecule has 0 bridgehead atoms. The Hall–Kier alpha value is -4.61. The van der Waals surface area contributed by atoms with E-state index in [9.17, 15) is 9.59 Å². The van der Waals surface area contributed by atoms with Gasteiger partial charge in [0, 0.05) is 38.4 Å². The predicted molar refractivity (Wildman–Crippen MR) is 167 cm³/mol. The van der Waals surface area contributed by atoms with Crippen molar-refractivity contribution in [3.05, 3.63) is 135 Å². The summed E-state index contributed by atoms with van der Waals surface area (Å²) in [6.45, 7) is 8.78. The Bertz CT molecular complexity index is 1870. The van der Waals surface area contributed by atoms with E-state index >= 15 is 0 Å². The van der Waals surface area contributed by atoms with Crippen molar-refractivity contribution in [3.8, 4) is 10.4 Å². The fourth-order valence-electron chi connectivity index (χ4n) is 6.20. The molecule has 0 N–H and O–H groups in total. The molecule has 2 heterocycles. The minimum absolute atomic E-state index is 0.193. The number of Topliss-reactive ketones (excluding diaryl/α,β-unsaturated/α-hetero) is 2. The van der Waals surface area contributed by atoms with Gasteiger partial charge in [-0.05, 0) is 102 Å². The number of ketones is 2. The third kappa shape index (κ3) is 3.99. The Morgan fingerprint density at radius 1 is 0.732 bits per heavy atom. The lowest BCUT2D eigenvalue weighted by atomic mass is 9.82. The van der Waals surface area contributed by atoms with Crippen LogP contribution in [-0.4, -0.2) is 16.6 Å². The van der Waals surface area contributed by atoms with Crippen LogP contribution in [0.3, 0.4) is 0 Å². The molecule has 0 atom stereocenters. The van der Waals surface area contributed by atoms with Gasteiger partial charge in [0.05, 0.1) is 11.1 Å². The number of anilines is 3. The molecule has 3 aromatic carbocycles. The summed E-state index contributed by atoms with van der Waals surface area (Å²) in [7, 11) is 0. The smallest absolute Gasteiger partial charge is 0.216 e. The van der Waals surface area contributed by atoms with Crippen molar-refractivity contribution in [2.24, 2.45) is 0 Å². The zero-order valence-electron chi connectivity index (χ0n) is 23.4. The summed E-state index contributed by atoms with van der Waals surface area (Å²) in [4.78, 5) is 34.5. The maximum atomic E-state index is 13.0. The number of rotatable bonds is 4. The number of para-hydroxylation sites is 1. The van der Waals surface area contributed by atoms with E-state index in [1.165, 1.54) is 32.7 Å². The number of hydrogen-bond acceptors (Lipinski definition) is 5. The van der Waals surface area contributed by atoms with Crippen molar-refractivity contribution < 1.29 is 9.59 Å². The largest absolute Gasteiger partial charge is 0.310 e. The minimum Gasteiger partial charge on any atom is -0.310 e. The fourth-order valence-corrected chi connectivity index (χ4v) is 7.50. The number of hydrogen-bond donors (Lipinski definition) is 0. The molecule has 0 unspecified atom stereocenters. The molecule has 0 fully saturated rings. The van der Waals surface area contributed by atoms with Crippen molar-refractivity contribution in [2.45, 2.75) is 33.1 Å². The molecule has 4 nitrogen and oxygen atoms in total. The third-order valence-electron chi connectivity index (χ3n) is 8.13. The average Bonchev–Trinajstić information content (AvgIpc) is 3.55. The lowest BCUT2D eigenvalue weighted by Gasteiger charge is -2.28. The Labute approximate surface area is 243 Å². The van der Waals surface area contributed by atoms with Crippen molar-refractivity contribution in [1.29, 1.82) is 0 Å². The number of nitrogens with zero attached hydrogens (tertiary/aromatic N) is 2. The van der Waals surface area contributed by atoms with Crippen LogP contribution in [0.4, 0.5) is 17.1 Å². The van der Waals surface area contributed by atoms with Gasteiger partial charge in [0.2, 0.25) is 5.78 Å². The number of aromatic nitrogens is 1. The average molecular weight is 553 g/mol. The molecular formula is C36H28N2O2S. The van der Waals surface area contributed by atoms with Crippen LogP contribution in [0.2, 0.25) is 0 Å². The van der Waals surface area contributed by atoms with Crippen LogP contribution in [0.15, 0.2) is 96.7 Å². The Morgan fingerprint density at radius 2 is 1.49 bits per heavy atom. The van der Waals surface area contributed by atoms with Gasteiger partial charge < -0.3 is 4.90 Å². The quantitative estimate of drug-likeness (QED) is 0.165. The SMILES string of the molecule is Cc1cc(C)cc(N(c2ccccc2)c2ccc3c(c2)C(C)(C)c2cc(/C=C4\C(=O)c5cccnc5C4=O)sc2-3)c1. The molecule has 5 aromatic rings.